The monoisotopic (exact) mass is 271 g/mol. The molecule has 0 spiro atoms. The molecule has 20 heavy (non-hydrogen) atoms. The van der Waals surface area contributed by atoms with Crippen LogP contribution >= 0.6 is 0 Å². The van der Waals surface area contributed by atoms with Crippen LogP contribution in [0.3, 0.4) is 0 Å². The summed E-state index contributed by atoms with van der Waals surface area (Å²) in [4.78, 5) is 11.5. The summed E-state index contributed by atoms with van der Waals surface area (Å²) in [6.45, 7) is 0.566. The standard InChI is InChI=1S/C17H21NO2/c19-17(20)13(10-4-2-1-3-5-10)9-18-16-14-11-6-7-12(8-11)15(14)16/h1-5,11-16,18H,6-9H2,(H,19,20). The molecule has 3 heteroatoms. The summed E-state index contributed by atoms with van der Waals surface area (Å²) in [5.74, 6) is 2.44. The van der Waals surface area contributed by atoms with E-state index in [4.69, 9.17) is 0 Å². The van der Waals surface area contributed by atoms with Gasteiger partial charge in [-0.1, -0.05) is 30.3 Å². The van der Waals surface area contributed by atoms with Crippen molar-refractivity contribution < 1.29 is 9.90 Å². The van der Waals surface area contributed by atoms with Gasteiger partial charge in [-0.3, -0.25) is 4.79 Å². The number of benzene rings is 1. The molecular formula is C17H21NO2. The lowest BCUT2D eigenvalue weighted by atomic mass is 9.99. The van der Waals surface area contributed by atoms with Crippen LogP contribution in [-0.2, 0) is 4.79 Å². The number of nitrogens with one attached hydrogen (secondary N) is 1. The minimum absolute atomic E-state index is 0.421. The summed E-state index contributed by atoms with van der Waals surface area (Å²) in [6, 6.07) is 10.2. The van der Waals surface area contributed by atoms with E-state index < -0.39 is 11.9 Å². The van der Waals surface area contributed by atoms with Crippen LogP contribution in [0.4, 0.5) is 0 Å². The maximum absolute atomic E-state index is 11.5. The van der Waals surface area contributed by atoms with E-state index in [9.17, 15) is 9.90 Å². The quantitative estimate of drug-likeness (QED) is 0.865. The number of carbonyl (C=O) groups is 1. The molecular weight excluding hydrogens is 250 g/mol. The van der Waals surface area contributed by atoms with Gasteiger partial charge in [-0.05, 0) is 48.5 Å². The molecule has 0 heterocycles. The predicted molar refractivity (Wildman–Crippen MR) is 76.4 cm³/mol. The van der Waals surface area contributed by atoms with Crippen LogP contribution in [0.15, 0.2) is 30.3 Å². The summed E-state index contributed by atoms with van der Waals surface area (Å²) in [7, 11) is 0. The maximum Gasteiger partial charge on any atom is 0.312 e. The number of hydrogen-bond donors (Lipinski definition) is 2. The highest BCUT2D eigenvalue weighted by Crippen LogP contribution is 2.65. The fourth-order valence-electron chi connectivity index (χ4n) is 4.89. The van der Waals surface area contributed by atoms with E-state index in [-0.39, 0.29) is 0 Å². The molecule has 5 unspecified atom stereocenters. The minimum atomic E-state index is -0.725. The Kier molecular flexibility index (Phi) is 2.84. The van der Waals surface area contributed by atoms with Crippen molar-refractivity contribution in [2.45, 2.75) is 31.2 Å². The van der Waals surface area contributed by atoms with E-state index in [2.05, 4.69) is 5.32 Å². The zero-order valence-corrected chi connectivity index (χ0v) is 11.5. The molecule has 3 aliphatic carbocycles. The molecule has 4 rings (SSSR count). The topological polar surface area (TPSA) is 49.3 Å². The molecule has 0 aliphatic heterocycles. The number of aliphatic carboxylic acids is 1. The summed E-state index contributed by atoms with van der Waals surface area (Å²) in [5.41, 5.74) is 0.904. The van der Waals surface area contributed by atoms with Gasteiger partial charge in [0.2, 0.25) is 0 Å². The molecule has 2 N–H and O–H groups in total. The van der Waals surface area contributed by atoms with Crippen molar-refractivity contribution in [1.29, 1.82) is 0 Å². The SMILES string of the molecule is O=C(O)C(CNC1C2C3CCC(C3)C12)c1ccccc1. The van der Waals surface area contributed by atoms with Gasteiger partial charge >= 0.3 is 5.97 Å². The molecule has 1 aromatic carbocycles. The fourth-order valence-corrected chi connectivity index (χ4v) is 4.89. The average molecular weight is 271 g/mol. The Morgan fingerprint density at radius 1 is 1.20 bits per heavy atom. The fraction of sp³-hybridized carbons (Fsp3) is 0.588. The van der Waals surface area contributed by atoms with Gasteiger partial charge in [-0.15, -0.1) is 0 Å². The third-order valence-corrected chi connectivity index (χ3v) is 5.79. The summed E-state index contributed by atoms with van der Waals surface area (Å²) in [6.07, 6.45) is 4.25. The molecule has 3 aliphatic rings. The Morgan fingerprint density at radius 2 is 1.85 bits per heavy atom. The van der Waals surface area contributed by atoms with Crippen molar-refractivity contribution in [3.63, 3.8) is 0 Å². The van der Waals surface area contributed by atoms with Gasteiger partial charge < -0.3 is 10.4 Å². The van der Waals surface area contributed by atoms with Crippen molar-refractivity contribution in [2.75, 3.05) is 6.54 Å². The Bertz CT molecular complexity index is 499. The molecule has 0 saturated heterocycles. The molecule has 106 valence electrons. The molecule has 0 amide bonds. The lowest BCUT2D eigenvalue weighted by molar-refractivity contribution is -0.138. The highest BCUT2D eigenvalue weighted by atomic mass is 16.4. The first-order chi connectivity index (χ1) is 9.75. The Hall–Kier alpha value is -1.35. The molecule has 0 radical (unpaired) electrons. The van der Waals surface area contributed by atoms with Crippen LogP contribution in [-0.4, -0.2) is 23.7 Å². The van der Waals surface area contributed by atoms with Crippen molar-refractivity contribution in [3.05, 3.63) is 35.9 Å². The van der Waals surface area contributed by atoms with Gasteiger partial charge in [-0.25, -0.2) is 0 Å². The van der Waals surface area contributed by atoms with E-state index in [1.165, 1.54) is 19.3 Å². The smallest absolute Gasteiger partial charge is 0.312 e. The number of fused-ring (bicyclic) bond motifs is 5. The molecule has 5 atom stereocenters. The summed E-state index contributed by atoms with van der Waals surface area (Å²) in [5, 5.41) is 13.0. The van der Waals surface area contributed by atoms with Crippen molar-refractivity contribution in [1.82, 2.24) is 5.32 Å². The molecule has 3 nitrogen and oxygen atoms in total. The van der Waals surface area contributed by atoms with Gasteiger partial charge in [-0.2, -0.15) is 0 Å². The molecule has 1 aromatic rings. The van der Waals surface area contributed by atoms with Crippen LogP contribution in [0, 0.1) is 23.7 Å². The van der Waals surface area contributed by atoms with Crippen LogP contribution in [0.1, 0.15) is 30.7 Å². The van der Waals surface area contributed by atoms with E-state index in [0.717, 1.165) is 29.2 Å². The van der Waals surface area contributed by atoms with E-state index in [1.807, 2.05) is 30.3 Å². The van der Waals surface area contributed by atoms with Gasteiger partial charge in [0.1, 0.15) is 0 Å². The first-order valence-corrected chi connectivity index (χ1v) is 7.77. The Balaban J connectivity index is 1.40. The second-order valence-electron chi connectivity index (χ2n) is 6.72. The molecule has 3 fully saturated rings. The predicted octanol–water partition coefficient (Wildman–Crippen LogP) is 2.49. The number of carboxylic acids is 1. The van der Waals surface area contributed by atoms with Crippen LogP contribution < -0.4 is 5.32 Å². The Labute approximate surface area is 119 Å². The van der Waals surface area contributed by atoms with E-state index in [0.29, 0.717) is 12.6 Å². The molecule has 2 bridgehead atoms. The second kappa shape index (κ2) is 4.59. The number of carboxylic acid groups (broad SMARTS) is 1. The third kappa shape index (κ3) is 1.87. The Morgan fingerprint density at radius 3 is 2.45 bits per heavy atom. The molecule has 0 aromatic heterocycles. The van der Waals surface area contributed by atoms with Gasteiger partial charge in [0.25, 0.3) is 0 Å². The maximum atomic E-state index is 11.5. The largest absolute Gasteiger partial charge is 0.481 e. The van der Waals surface area contributed by atoms with Crippen molar-refractivity contribution >= 4 is 5.97 Å². The normalized spacial score (nSPS) is 38.5. The van der Waals surface area contributed by atoms with Gasteiger partial charge in [0.15, 0.2) is 0 Å². The van der Waals surface area contributed by atoms with E-state index in [1.54, 1.807) is 0 Å². The first kappa shape index (κ1) is 12.4. The highest BCUT2D eigenvalue weighted by molar-refractivity contribution is 5.76. The summed E-state index contributed by atoms with van der Waals surface area (Å²) >= 11 is 0. The van der Waals surface area contributed by atoms with Gasteiger partial charge in [0.05, 0.1) is 5.92 Å². The number of rotatable bonds is 5. The van der Waals surface area contributed by atoms with Crippen LogP contribution in [0.25, 0.3) is 0 Å². The van der Waals surface area contributed by atoms with E-state index >= 15 is 0 Å². The zero-order chi connectivity index (χ0) is 13.7. The van der Waals surface area contributed by atoms with Crippen molar-refractivity contribution in [3.8, 4) is 0 Å². The summed E-state index contributed by atoms with van der Waals surface area (Å²) < 4.78 is 0. The van der Waals surface area contributed by atoms with Crippen LogP contribution in [0.5, 0.6) is 0 Å². The lowest BCUT2D eigenvalue weighted by Crippen LogP contribution is -2.31. The number of hydrogen-bond acceptors (Lipinski definition) is 2. The lowest BCUT2D eigenvalue weighted by Gasteiger charge is -2.16. The first-order valence-electron chi connectivity index (χ1n) is 7.77. The van der Waals surface area contributed by atoms with Crippen molar-refractivity contribution in [2.24, 2.45) is 23.7 Å². The van der Waals surface area contributed by atoms with Gasteiger partial charge in [0, 0.05) is 12.6 Å². The average Bonchev–Trinajstić information content (AvgIpc) is 2.85. The second-order valence-corrected chi connectivity index (χ2v) is 6.72. The van der Waals surface area contributed by atoms with Crippen LogP contribution in [0.2, 0.25) is 0 Å². The third-order valence-electron chi connectivity index (χ3n) is 5.79. The highest BCUT2D eigenvalue weighted by Gasteiger charge is 2.64. The molecule has 3 saturated carbocycles. The zero-order valence-electron chi connectivity index (χ0n) is 11.5. The minimum Gasteiger partial charge on any atom is -0.481 e.